The van der Waals surface area contributed by atoms with E-state index in [2.05, 4.69) is 4.90 Å². The SMILES string of the molecule is N#Cc1ccc(CN2CCC(C(=O)N3CCOCC3)CC2)c(F)c1. The lowest BCUT2D eigenvalue weighted by Crippen LogP contribution is -2.46. The second-order valence-corrected chi connectivity index (χ2v) is 6.41. The molecule has 24 heavy (non-hydrogen) atoms. The number of hydrogen-bond acceptors (Lipinski definition) is 4. The minimum absolute atomic E-state index is 0.0742. The zero-order chi connectivity index (χ0) is 16.9. The van der Waals surface area contributed by atoms with Crippen LogP contribution in [0.5, 0.6) is 0 Å². The average Bonchev–Trinajstić information content (AvgIpc) is 2.64. The molecule has 0 aliphatic carbocycles. The molecule has 6 heteroatoms. The highest BCUT2D eigenvalue weighted by Crippen LogP contribution is 2.22. The first-order chi connectivity index (χ1) is 11.7. The molecular weight excluding hydrogens is 309 g/mol. The van der Waals surface area contributed by atoms with Gasteiger partial charge in [0.2, 0.25) is 5.91 Å². The maximum absolute atomic E-state index is 14.0. The van der Waals surface area contributed by atoms with Crippen molar-refractivity contribution in [3.8, 4) is 6.07 Å². The molecule has 2 aliphatic rings. The third kappa shape index (κ3) is 3.92. The largest absolute Gasteiger partial charge is 0.378 e. The molecule has 5 nitrogen and oxygen atoms in total. The zero-order valence-corrected chi connectivity index (χ0v) is 13.7. The van der Waals surface area contributed by atoms with Gasteiger partial charge in [-0.3, -0.25) is 9.69 Å². The van der Waals surface area contributed by atoms with Crippen molar-refractivity contribution in [3.63, 3.8) is 0 Å². The second kappa shape index (κ2) is 7.73. The van der Waals surface area contributed by atoms with Crippen LogP contribution in [-0.2, 0) is 16.1 Å². The molecule has 2 heterocycles. The molecule has 1 aromatic rings. The number of carbonyl (C=O) groups is 1. The Morgan fingerprint density at radius 3 is 2.58 bits per heavy atom. The molecule has 1 aromatic carbocycles. The predicted octanol–water partition coefficient (Wildman–Crippen LogP) is 1.77. The van der Waals surface area contributed by atoms with Crippen molar-refractivity contribution in [2.45, 2.75) is 19.4 Å². The van der Waals surface area contributed by atoms with Crippen molar-refractivity contribution in [1.29, 1.82) is 5.26 Å². The van der Waals surface area contributed by atoms with Crippen LogP contribution in [-0.4, -0.2) is 55.1 Å². The third-order valence-corrected chi connectivity index (χ3v) is 4.84. The fourth-order valence-electron chi connectivity index (χ4n) is 3.37. The van der Waals surface area contributed by atoms with Crippen LogP contribution in [0.4, 0.5) is 4.39 Å². The van der Waals surface area contributed by atoms with Gasteiger partial charge >= 0.3 is 0 Å². The van der Waals surface area contributed by atoms with Crippen molar-refractivity contribution in [2.24, 2.45) is 5.92 Å². The Morgan fingerprint density at radius 2 is 1.96 bits per heavy atom. The summed E-state index contributed by atoms with van der Waals surface area (Å²) in [7, 11) is 0. The van der Waals surface area contributed by atoms with Gasteiger partial charge < -0.3 is 9.64 Å². The molecule has 2 saturated heterocycles. The highest BCUT2D eigenvalue weighted by atomic mass is 19.1. The summed E-state index contributed by atoms with van der Waals surface area (Å²) in [5.74, 6) is -0.0202. The molecule has 0 atom stereocenters. The number of amides is 1. The standard InChI is InChI=1S/C18H22FN3O2/c19-17-11-14(12-20)1-2-16(17)13-21-5-3-15(4-6-21)18(23)22-7-9-24-10-8-22/h1-2,11,15H,3-10,13H2. The van der Waals surface area contributed by atoms with Crippen LogP contribution in [0.2, 0.25) is 0 Å². The summed E-state index contributed by atoms with van der Waals surface area (Å²) in [6.45, 7) is 4.74. The number of rotatable bonds is 3. The molecule has 0 aromatic heterocycles. The molecule has 2 aliphatic heterocycles. The van der Waals surface area contributed by atoms with Gasteiger partial charge in [-0.1, -0.05) is 6.07 Å². The summed E-state index contributed by atoms with van der Waals surface area (Å²) < 4.78 is 19.3. The number of morpholine rings is 1. The van der Waals surface area contributed by atoms with E-state index in [0.717, 1.165) is 25.9 Å². The molecule has 3 rings (SSSR count). The van der Waals surface area contributed by atoms with Gasteiger partial charge in [0.25, 0.3) is 0 Å². The van der Waals surface area contributed by atoms with Gasteiger partial charge in [0.15, 0.2) is 0 Å². The Hall–Kier alpha value is -1.97. The molecule has 0 spiro atoms. The number of benzene rings is 1. The minimum Gasteiger partial charge on any atom is -0.378 e. The number of likely N-dealkylation sites (tertiary alicyclic amines) is 1. The van der Waals surface area contributed by atoms with Gasteiger partial charge in [-0.25, -0.2) is 4.39 Å². The van der Waals surface area contributed by atoms with E-state index in [-0.39, 0.29) is 17.6 Å². The smallest absolute Gasteiger partial charge is 0.225 e. The fraction of sp³-hybridized carbons (Fsp3) is 0.556. The van der Waals surface area contributed by atoms with Crippen molar-refractivity contribution in [2.75, 3.05) is 39.4 Å². The van der Waals surface area contributed by atoms with Crippen LogP contribution >= 0.6 is 0 Å². The first-order valence-corrected chi connectivity index (χ1v) is 8.45. The van der Waals surface area contributed by atoms with Gasteiger partial charge in [-0.2, -0.15) is 5.26 Å². The molecule has 128 valence electrons. The number of nitrogens with zero attached hydrogens (tertiary/aromatic N) is 3. The van der Waals surface area contributed by atoms with Crippen LogP contribution in [0.25, 0.3) is 0 Å². The number of nitriles is 1. The van der Waals surface area contributed by atoms with Crippen LogP contribution in [0.3, 0.4) is 0 Å². The molecule has 0 N–H and O–H groups in total. The van der Waals surface area contributed by atoms with Crippen molar-refractivity contribution < 1.29 is 13.9 Å². The van der Waals surface area contributed by atoms with Gasteiger partial charge in [0.05, 0.1) is 24.8 Å². The molecule has 0 radical (unpaired) electrons. The lowest BCUT2D eigenvalue weighted by molar-refractivity contribution is -0.141. The number of piperidine rings is 1. The monoisotopic (exact) mass is 331 g/mol. The van der Waals surface area contributed by atoms with Crippen molar-refractivity contribution in [3.05, 3.63) is 35.1 Å². The Labute approximate surface area is 141 Å². The highest BCUT2D eigenvalue weighted by molar-refractivity contribution is 5.79. The molecular formula is C18H22FN3O2. The van der Waals surface area contributed by atoms with E-state index >= 15 is 0 Å². The number of ether oxygens (including phenoxy) is 1. The summed E-state index contributed by atoms with van der Waals surface area (Å²) in [5.41, 5.74) is 0.943. The maximum Gasteiger partial charge on any atom is 0.225 e. The fourth-order valence-corrected chi connectivity index (χ4v) is 3.37. The van der Waals surface area contributed by atoms with E-state index in [9.17, 15) is 9.18 Å². The van der Waals surface area contributed by atoms with E-state index in [1.807, 2.05) is 11.0 Å². The lowest BCUT2D eigenvalue weighted by Gasteiger charge is -2.35. The van der Waals surface area contributed by atoms with E-state index < -0.39 is 0 Å². The van der Waals surface area contributed by atoms with E-state index in [1.165, 1.54) is 6.07 Å². The Balaban J connectivity index is 1.52. The van der Waals surface area contributed by atoms with Gasteiger partial charge in [-0.05, 0) is 38.1 Å². The van der Waals surface area contributed by atoms with Gasteiger partial charge in [0, 0.05) is 31.1 Å². The summed E-state index contributed by atoms with van der Waals surface area (Å²) in [6.07, 6.45) is 1.63. The van der Waals surface area contributed by atoms with Crippen LogP contribution in [0, 0.1) is 23.1 Å². The van der Waals surface area contributed by atoms with Crippen molar-refractivity contribution >= 4 is 5.91 Å². The predicted molar refractivity (Wildman–Crippen MR) is 86.5 cm³/mol. The summed E-state index contributed by atoms with van der Waals surface area (Å²) in [5, 5.41) is 8.79. The second-order valence-electron chi connectivity index (χ2n) is 6.41. The Kier molecular flexibility index (Phi) is 5.44. The van der Waals surface area contributed by atoms with E-state index in [4.69, 9.17) is 10.00 Å². The summed E-state index contributed by atoms with van der Waals surface area (Å²) in [4.78, 5) is 16.6. The Morgan fingerprint density at radius 1 is 1.25 bits per heavy atom. The van der Waals surface area contributed by atoms with Crippen molar-refractivity contribution in [1.82, 2.24) is 9.80 Å². The molecule has 0 bridgehead atoms. The maximum atomic E-state index is 14.0. The molecule has 1 amide bonds. The molecule has 0 unspecified atom stereocenters. The minimum atomic E-state index is -0.333. The van der Waals surface area contributed by atoms with Gasteiger partial charge in [0.1, 0.15) is 5.82 Å². The van der Waals surface area contributed by atoms with Crippen LogP contribution in [0.1, 0.15) is 24.0 Å². The molecule has 0 saturated carbocycles. The summed E-state index contributed by atoms with van der Waals surface area (Å²) >= 11 is 0. The summed E-state index contributed by atoms with van der Waals surface area (Å²) in [6, 6.07) is 6.55. The first-order valence-electron chi connectivity index (χ1n) is 8.45. The molecule has 2 fully saturated rings. The number of carbonyl (C=O) groups excluding carboxylic acids is 1. The normalized spacial score (nSPS) is 19.9. The lowest BCUT2D eigenvalue weighted by atomic mass is 9.94. The van der Waals surface area contributed by atoms with Crippen LogP contribution in [0.15, 0.2) is 18.2 Å². The quantitative estimate of drug-likeness (QED) is 0.847. The van der Waals surface area contributed by atoms with E-state index in [0.29, 0.717) is 44.0 Å². The third-order valence-electron chi connectivity index (χ3n) is 4.84. The van der Waals surface area contributed by atoms with Gasteiger partial charge in [-0.15, -0.1) is 0 Å². The number of hydrogen-bond donors (Lipinski definition) is 0. The van der Waals surface area contributed by atoms with E-state index in [1.54, 1.807) is 12.1 Å². The Bertz CT molecular complexity index is 630. The number of halogens is 1. The average molecular weight is 331 g/mol. The highest BCUT2D eigenvalue weighted by Gasteiger charge is 2.29. The first kappa shape index (κ1) is 16.9. The topological polar surface area (TPSA) is 56.6 Å². The zero-order valence-electron chi connectivity index (χ0n) is 13.7. The van der Waals surface area contributed by atoms with Crippen LogP contribution < -0.4 is 0 Å².